The number of hydrogen-bond acceptors (Lipinski definition) is 3. The van der Waals surface area contributed by atoms with Gasteiger partial charge in [0, 0.05) is 42.5 Å². The molecule has 31 heavy (non-hydrogen) atoms. The Bertz CT molecular complexity index is 1080. The normalized spacial score (nSPS) is 14.3. The van der Waals surface area contributed by atoms with Crippen LogP contribution in [-0.2, 0) is 0 Å². The maximum absolute atomic E-state index is 13.1. The highest BCUT2D eigenvalue weighted by Gasteiger charge is 2.25. The van der Waals surface area contributed by atoms with Gasteiger partial charge in [-0.3, -0.25) is 4.79 Å². The minimum atomic E-state index is -0.333. The van der Waals surface area contributed by atoms with E-state index in [9.17, 15) is 14.0 Å². The molecule has 2 aromatic carbocycles. The van der Waals surface area contributed by atoms with Crippen molar-refractivity contribution in [3.8, 4) is 11.3 Å². The van der Waals surface area contributed by atoms with Crippen LogP contribution in [0.3, 0.4) is 0 Å². The molecular weight excluding hydrogens is 421 g/mol. The Morgan fingerprint density at radius 3 is 2.45 bits per heavy atom. The van der Waals surface area contributed by atoms with E-state index in [1.54, 1.807) is 58.3 Å². The zero-order valence-electron chi connectivity index (χ0n) is 16.7. The van der Waals surface area contributed by atoms with Gasteiger partial charge in [0.25, 0.3) is 5.91 Å². The van der Waals surface area contributed by atoms with E-state index in [1.165, 1.54) is 12.1 Å². The maximum atomic E-state index is 13.1. The monoisotopic (exact) mass is 441 g/mol. The summed E-state index contributed by atoms with van der Waals surface area (Å²) in [7, 11) is 0. The quantitative estimate of drug-likeness (QED) is 0.613. The second kappa shape index (κ2) is 9.22. The van der Waals surface area contributed by atoms with E-state index in [4.69, 9.17) is 16.0 Å². The third kappa shape index (κ3) is 5.06. The predicted octanol–water partition coefficient (Wildman–Crippen LogP) is 5.12. The number of carbonyl (C=O) groups excluding carboxylic acids is 2. The molecule has 1 aromatic heterocycles. The number of furan rings is 1. The molecule has 6 nitrogen and oxygen atoms in total. The van der Waals surface area contributed by atoms with Crippen LogP contribution in [0, 0.1) is 5.82 Å². The number of anilines is 1. The van der Waals surface area contributed by atoms with Crippen LogP contribution in [0.25, 0.3) is 11.3 Å². The highest BCUT2D eigenvalue weighted by molar-refractivity contribution is 6.30. The molecule has 1 fully saturated rings. The molecule has 0 atom stereocenters. The first-order valence-corrected chi connectivity index (χ1v) is 10.3. The first-order valence-electron chi connectivity index (χ1n) is 9.96. The second-order valence-corrected chi connectivity index (χ2v) is 7.68. The molecule has 1 aliphatic rings. The van der Waals surface area contributed by atoms with Crippen molar-refractivity contribution in [2.24, 2.45) is 0 Å². The average molecular weight is 442 g/mol. The minimum absolute atomic E-state index is 0.219. The van der Waals surface area contributed by atoms with Crippen LogP contribution in [0.5, 0.6) is 0 Å². The summed E-state index contributed by atoms with van der Waals surface area (Å²) >= 11 is 5.97. The number of nitrogens with zero attached hydrogens (tertiary/aromatic N) is 2. The molecule has 0 saturated carbocycles. The molecule has 4 rings (SSSR count). The van der Waals surface area contributed by atoms with Gasteiger partial charge >= 0.3 is 6.03 Å². The van der Waals surface area contributed by atoms with Crippen molar-refractivity contribution in [2.75, 3.05) is 31.5 Å². The molecule has 3 aromatic rings. The van der Waals surface area contributed by atoms with Crippen LogP contribution >= 0.6 is 11.6 Å². The lowest BCUT2D eigenvalue weighted by Gasteiger charge is -2.22. The van der Waals surface area contributed by atoms with Crippen molar-refractivity contribution in [2.45, 2.75) is 6.42 Å². The lowest BCUT2D eigenvalue weighted by molar-refractivity contribution is 0.0731. The van der Waals surface area contributed by atoms with Crippen molar-refractivity contribution in [3.05, 3.63) is 77.3 Å². The highest BCUT2D eigenvalue weighted by atomic mass is 35.5. The smallest absolute Gasteiger partial charge is 0.321 e. The van der Waals surface area contributed by atoms with Crippen molar-refractivity contribution >= 4 is 29.2 Å². The summed E-state index contributed by atoms with van der Waals surface area (Å²) in [5, 5.41) is 3.38. The topological polar surface area (TPSA) is 65.8 Å². The van der Waals surface area contributed by atoms with E-state index in [1.807, 2.05) is 0 Å². The van der Waals surface area contributed by atoms with Crippen LogP contribution in [0.1, 0.15) is 17.0 Å². The van der Waals surface area contributed by atoms with Crippen molar-refractivity contribution in [1.82, 2.24) is 9.80 Å². The first kappa shape index (κ1) is 20.9. The maximum Gasteiger partial charge on any atom is 0.321 e. The van der Waals surface area contributed by atoms with Gasteiger partial charge in [-0.05, 0) is 61.0 Å². The van der Waals surface area contributed by atoms with Crippen molar-refractivity contribution in [1.29, 1.82) is 0 Å². The number of benzene rings is 2. The van der Waals surface area contributed by atoms with Gasteiger partial charge in [-0.25, -0.2) is 9.18 Å². The van der Waals surface area contributed by atoms with Crippen LogP contribution in [-0.4, -0.2) is 47.9 Å². The third-order valence-electron chi connectivity index (χ3n) is 5.09. The van der Waals surface area contributed by atoms with Gasteiger partial charge in [-0.1, -0.05) is 17.7 Å². The second-order valence-electron chi connectivity index (χ2n) is 7.24. The summed E-state index contributed by atoms with van der Waals surface area (Å²) in [4.78, 5) is 28.8. The minimum Gasteiger partial charge on any atom is -0.451 e. The van der Waals surface area contributed by atoms with E-state index in [2.05, 4.69) is 5.32 Å². The summed E-state index contributed by atoms with van der Waals surface area (Å²) in [5.74, 6) is 0.155. The number of amides is 3. The molecule has 160 valence electrons. The number of halogens is 2. The SMILES string of the molecule is O=C(Nc1cccc(Cl)c1)N1CCCN(C(=O)c2ccc(-c3ccc(F)cc3)o2)CC1. The van der Waals surface area contributed by atoms with Gasteiger partial charge in [0.05, 0.1) is 0 Å². The van der Waals surface area contributed by atoms with Crippen molar-refractivity contribution < 1.29 is 18.4 Å². The van der Waals surface area contributed by atoms with Crippen LogP contribution in [0.15, 0.2) is 65.1 Å². The fourth-order valence-corrected chi connectivity index (χ4v) is 3.66. The van der Waals surface area contributed by atoms with Gasteiger partial charge in [0.15, 0.2) is 5.76 Å². The summed E-state index contributed by atoms with van der Waals surface area (Å²) in [6, 6.07) is 15.9. The fraction of sp³-hybridized carbons (Fsp3) is 0.217. The van der Waals surface area contributed by atoms with Gasteiger partial charge in [0.1, 0.15) is 11.6 Å². The molecule has 1 aliphatic heterocycles. The molecule has 0 radical (unpaired) electrons. The molecule has 0 bridgehead atoms. The zero-order valence-corrected chi connectivity index (χ0v) is 17.4. The van der Waals surface area contributed by atoms with Crippen LogP contribution in [0.4, 0.5) is 14.9 Å². The summed E-state index contributed by atoms with van der Waals surface area (Å²) < 4.78 is 18.8. The Balaban J connectivity index is 1.37. The molecule has 2 heterocycles. The van der Waals surface area contributed by atoms with E-state index in [0.29, 0.717) is 54.6 Å². The number of urea groups is 1. The Labute approximate surface area is 184 Å². The fourth-order valence-electron chi connectivity index (χ4n) is 3.47. The first-order chi connectivity index (χ1) is 15.0. The average Bonchev–Trinajstić information content (AvgIpc) is 3.11. The number of carbonyl (C=O) groups is 2. The van der Waals surface area contributed by atoms with Crippen LogP contribution in [0.2, 0.25) is 5.02 Å². The number of hydrogen-bond donors (Lipinski definition) is 1. The molecule has 8 heteroatoms. The van der Waals surface area contributed by atoms with Crippen molar-refractivity contribution in [3.63, 3.8) is 0 Å². The van der Waals surface area contributed by atoms with E-state index in [0.717, 1.165) is 0 Å². The Kier molecular flexibility index (Phi) is 6.23. The van der Waals surface area contributed by atoms with Gasteiger partial charge < -0.3 is 19.5 Å². The zero-order chi connectivity index (χ0) is 21.8. The largest absolute Gasteiger partial charge is 0.451 e. The molecule has 0 spiro atoms. The molecule has 0 unspecified atom stereocenters. The molecule has 1 N–H and O–H groups in total. The third-order valence-corrected chi connectivity index (χ3v) is 5.33. The molecular formula is C23H21ClFN3O3. The van der Waals surface area contributed by atoms with E-state index < -0.39 is 0 Å². The standard InChI is InChI=1S/C23H21ClFN3O3/c24-17-3-1-4-19(15-17)26-23(30)28-12-2-11-27(13-14-28)22(29)21-10-9-20(31-21)16-5-7-18(25)8-6-16/h1,3-10,15H,2,11-14H2,(H,26,30). The highest BCUT2D eigenvalue weighted by Crippen LogP contribution is 2.23. The number of nitrogens with one attached hydrogen (secondary N) is 1. The van der Waals surface area contributed by atoms with Gasteiger partial charge in [0.2, 0.25) is 0 Å². The summed E-state index contributed by atoms with van der Waals surface area (Å²) in [5.41, 5.74) is 1.32. The van der Waals surface area contributed by atoms with E-state index in [-0.39, 0.29) is 23.5 Å². The number of rotatable bonds is 3. The van der Waals surface area contributed by atoms with Gasteiger partial charge in [-0.2, -0.15) is 0 Å². The van der Waals surface area contributed by atoms with E-state index >= 15 is 0 Å². The van der Waals surface area contributed by atoms with Crippen LogP contribution < -0.4 is 5.32 Å². The van der Waals surface area contributed by atoms with Gasteiger partial charge in [-0.15, -0.1) is 0 Å². The lowest BCUT2D eigenvalue weighted by Crippen LogP contribution is -2.39. The lowest BCUT2D eigenvalue weighted by atomic mass is 10.2. The Morgan fingerprint density at radius 1 is 0.935 bits per heavy atom. The predicted molar refractivity (Wildman–Crippen MR) is 117 cm³/mol. The molecule has 1 saturated heterocycles. The summed E-state index contributed by atoms with van der Waals surface area (Å²) in [6.45, 7) is 1.86. The Morgan fingerprint density at radius 2 is 1.68 bits per heavy atom. The Hall–Kier alpha value is -3.32. The molecule has 3 amide bonds. The summed E-state index contributed by atoms with van der Waals surface area (Å²) in [6.07, 6.45) is 0.653. The molecule has 0 aliphatic carbocycles.